The van der Waals surface area contributed by atoms with Crippen LogP contribution in [0.15, 0.2) is 18.6 Å². The van der Waals surface area contributed by atoms with Crippen molar-refractivity contribution in [2.45, 2.75) is 58.4 Å². The third kappa shape index (κ3) is 3.14. The second-order valence-corrected chi connectivity index (χ2v) is 8.75. The molecule has 2 aromatic heterocycles. The van der Waals surface area contributed by atoms with Crippen molar-refractivity contribution < 1.29 is 9.90 Å². The lowest BCUT2D eigenvalue weighted by Crippen LogP contribution is -2.46. The Hall–Kier alpha value is -2.28. The van der Waals surface area contributed by atoms with Crippen LogP contribution >= 0.6 is 0 Å². The third-order valence-corrected chi connectivity index (χ3v) is 6.07. The summed E-state index contributed by atoms with van der Waals surface area (Å²) in [6.07, 6.45) is 9.30. The van der Waals surface area contributed by atoms with Crippen molar-refractivity contribution >= 4 is 5.91 Å². The van der Waals surface area contributed by atoms with Gasteiger partial charge in [-0.05, 0) is 37.0 Å². The van der Waals surface area contributed by atoms with E-state index in [0.29, 0.717) is 23.3 Å². The molecule has 0 aliphatic heterocycles. The number of carbonyl (C=O) groups is 1. The van der Waals surface area contributed by atoms with Gasteiger partial charge in [0.1, 0.15) is 0 Å². The normalized spacial score (nSPS) is 22.4. The lowest BCUT2D eigenvalue weighted by Gasteiger charge is -2.40. The zero-order valence-electron chi connectivity index (χ0n) is 16.1. The number of nitrogens with zero attached hydrogens (tertiary/aromatic N) is 4. The summed E-state index contributed by atoms with van der Waals surface area (Å²) in [6.45, 7) is 5.90. The topological polar surface area (TPSA) is 92.9 Å². The van der Waals surface area contributed by atoms with Crippen molar-refractivity contribution in [2.75, 3.05) is 6.61 Å². The standard InChI is InChI=1S/C20H27N5O2/c1-20(2,3)15(11-26)23-19(27)17-14-7-5-12-4-6-13(12)18(14)25(24-17)16-10-21-8-9-22-16/h8-10,12-13,15,26H,4-7,11H2,1-3H3,(H,23,27)/t12?,13?,15-/m1/s1. The molecule has 0 saturated heterocycles. The average Bonchev–Trinajstić information content (AvgIpc) is 2.98. The van der Waals surface area contributed by atoms with Gasteiger partial charge in [-0.2, -0.15) is 5.10 Å². The molecule has 7 nitrogen and oxygen atoms in total. The van der Waals surface area contributed by atoms with Gasteiger partial charge in [0.05, 0.1) is 24.5 Å². The van der Waals surface area contributed by atoms with Crippen molar-refractivity contribution in [3.05, 3.63) is 35.5 Å². The van der Waals surface area contributed by atoms with Gasteiger partial charge in [0, 0.05) is 23.9 Å². The number of aromatic nitrogens is 4. The molecule has 7 heteroatoms. The first kappa shape index (κ1) is 18.1. The van der Waals surface area contributed by atoms with Crippen molar-refractivity contribution in [3.63, 3.8) is 0 Å². The third-order valence-electron chi connectivity index (χ3n) is 6.07. The van der Waals surface area contributed by atoms with Gasteiger partial charge in [-0.1, -0.05) is 20.8 Å². The summed E-state index contributed by atoms with van der Waals surface area (Å²) in [5.74, 6) is 1.55. The van der Waals surface area contributed by atoms with Gasteiger partial charge < -0.3 is 10.4 Å². The van der Waals surface area contributed by atoms with Crippen LogP contribution in [0.4, 0.5) is 0 Å². The predicted octanol–water partition coefficient (Wildman–Crippen LogP) is 2.24. The molecule has 0 bridgehead atoms. The summed E-state index contributed by atoms with van der Waals surface area (Å²) < 4.78 is 1.82. The fourth-order valence-electron chi connectivity index (χ4n) is 4.22. The molecule has 1 saturated carbocycles. The molecule has 2 aliphatic carbocycles. The molecule has 3 atom stereocenters. The Bertz CT molecular complexity index is 840. The highest BCUT2D eigenvalue weighted by molar-refractivity contribution is 5.94. The largest absolute Gasteiger partial charge is 0.394 e. The Labute approximate surface area is 159 Å². The van der Waals surface area contributed by atoms with Crippen molar-refractivity contribution in [3.8, 4) is 5.82 Å². The zero-order valence-corrected chi connectivity index (χ0v) is 16.1. The van der Waals surface area contributed by atoms with Crippen molar-refractivity contribution in [1.29, 1.82) is 0 Å². The number of nitrogens with one attached hydrogen (secondary N) is 1. The van der Waals surface area contributed by atoms with E-state index in [-0.39, 0.29) is 24.0 Å². The number of aliphatic hydroxyl groups is 1. The van der Waals surface area contributed by atoms with Gasteiger partial charge in [-0.3, -0.25) is 9.78 Å². The summed E-state index contributed by atoms with van der Waals surface area (Å²) in [5.41, 5.74) is 2.38. The molecule has 2 heterocycles. The first-order chi connectivity index (χ1) is 12.9. The molecule has 2 unspecified atom stereocenters. The van der Waals surface area contributed by atoms with E-state index in [2.05, 4.69) is 20.4 Å². The lowest BCUT2D eigenvalue weighted by atomic mass is 9.65. The van der Waals surface area contributed by atoms with E-state index in [1.165, 1.54) is 6.42 Å². The molecule has 144 valence electrons. The van der Waals surface area contributed by atoms with Gasteiger partial charge in [0.25, 0.3) is 5.91 Å². The van der Waals surface area contributed by atoms with Crippen LogP contribution in [0.2, 0.25) is 0 Å². The highest BCUT2D eigenvalue weighted by Crippen LogP contribution is 2.50. The fraction of sp³-hybridized carbons (Fsp3) is 0.600. The molecule has 0 radical (unpaired) electrons. The summed E-state index contributed by atoms with van der Waals surface area (Å²) >= 11 is 0. The van der Waals surface area contributed by atoms with Crippen LogP contribution in [0.25, 0.3) is 5.82 Å². The summed E-state index contributed by atoms with van der Waals surface area (Å²) in [6, 6.07) is -0.331. The van der Waals surface area contributed by atoms with E-state index in [1.807, 2.05) is 25.5 Å². The van der Waals surface area contributed by atoms with Crippen LogP contribution in [0.1, 0.15) is 67.7 Å². The first-order valence-electron chi connectivity index (χ1n) is 9.70. The molecule has 0 spiro atoms. The van der Waals surface area contributed by atoms with Crippen LogP contribution in [0.5, 0.6) is 0 Å². The van der Waals surface area contributed by atoms with Crippen molar-refractivity contribution in [1.82, 2.24) is 25.1 Å². The van der Waals surface area contributed by atoms with Gasteiger partial charge in [-0.25, -0.2) is 9.67 Å². The minimum atomic E-state index is -0.331. The Balaban J connectivity index is 1.74. The monoisotopic (exact) mass is 369 g/mol. The van der Waals surface area contributed by atoms with E-state index in [4.69, 9.17) is 0 Å². The van der Waals surface area contributed by atoms with Crippen LogP contribution in [-0.4, -0.2) is 43.4 Å². The predicted molar refractivity (Wildman–Crippen MR) is 101 cm³/mol. The molecule has 2 N–H and O–H groups in total. The molecule has 2 aromatic rings. The Morgan fingerprint density at radius 1 is 1.33 bits per heavy atom. The molecule has 27 heavy (non-hydrogen) atoms. The Morgan fingerprint density at radius 3 is 2.74 bits per heavy atom. The molecular formula is C20H27N5O2. The fourth-order valence-corrected chi connectivity index (χ4v) is 4.22. The molecule has 1 fully saturated rings. The maximum atomic E-state index is 13.0. The van der Waals surface area contributed by atoms with E-state index >= 15 is 0 Å². The van der Waals surface area contributed by atoms with Crippen LogP contribution in [-0.2, 0) is 6.42 Å². The van der Waals surface area contributed by atoms with Crippen LogP contribution in [0, 0.1) is 11.3 Å². The maximum absolute atomic E-state index is 13.0. The molecular weight excluding hydrogens is 342 g/mol. The van der Waals surface area contributed by atoms with E-state index in [1.54, 1.807) is 18.6 Å². The SMILES string of the molecule is CC(C)(C)[C@@H](CO)NC(=O)c1nn(-c2cnccn2)c2c1CCC1CCC21. The van der Waals surface area contributed by atoms with Crippen molar-refractivity contribution in [2.24, 2.45) is 11.3 Å². The zero-order chi connectivity index (χ0) is 19.2. The number of hydrogen-bond acceptors (Lipinski definition) is 5. The summed E-state index contributed by atoms with van der Waals surface area (Å²) in [4.78, 5) is 21.6. The Kier molecular flexibility index (Phi) is 4.50. The first-order valence-corrected chi connectivity index (χ1v) is 9.70. The second kappa shape index (κ2) is 6.71. The molecule has 4 rings (SSSR count). The van der Waals surface area contributed by atoms with E-state index in [9.17, 15) is 9.90 Å². The quantitative estimate of drug-likeness (QED) is 0.862. The molecule has 0 aromatic carbocycles. The number of amides is 1. The molecule has 1 amide bonds. The highest BCUT2D eigenvalue weighted by Gasteiger charge is 2.42. The van der Waals surface area contributed by atoms with E-state index in [0.717, 1.165) is 30.5 Å². The number of hydrogen-bond donors (Lipinski definition) is 2. The summed E-state index contributed by atoms with van der Waals surface area (Å²) in [5, 5.41) is 17.4. The molecule has 2 aliphatic rings. The summed E-state index contributed by atoms with van der Waals surface area (Å²) in [7, 11) is 0. The second-order valence-electron chi connectivity index (χ2n) is 8.75. The van der Waals surface area contributed by atoms with E-state index < -0.39 is 0 Å². The van der Waals surface area contributed by atoms with Gasteiger partial charge in [0.2, 0.25) is 0 Å². The lowest BCUT2D eigenvalue weighted by molar-refractivity contribution is 0.0841. The van der Waals surface area contributed by atoms with Crippen LogP contribution < -0.4 is 5.32 Å². The minimum Gasteiger partial charge on any atom is -0.394 e. The van der Waals surface area contributed by atoms with Gasteiger partial charge in [0.15, 0.2) is 11.5 Å². The number of aliphatic hydroxyl groups excluding tert-OH is 1. The maximum Gasteiger partial charge on any atom is 0.272 e. The number of rotatable bonds is 4. The Morgan fingerprint density at radius 2 is 2.15 bits per heavy atom. The highest BCUT2D eigenvalue weighted by atomic mass is 16.3. The smallest absolute Gasteiger partial charge is 0.272 e. The van der Waals surface area contributed by atoms with Gasteiger partial charge in [-0.15, -0.1) is 0 Å². The number of carbonyl (C=O) groups excluding carboxylic acids is 1. The average molecular weight is 369 g/mol. The van der Waals surface area contributed by atoms with Gasteiger partial charge >= 0.3 is 0 Å². The number of fused-ring (bicyclic) bond motifs is 3. The minimum absolute atomic E-state index is 0.104. The van der Waals surface area contributed by atoms with Crippen LogP contribution in [0.3, 0.4) is 0 Å².